The molecule has 0 amide bonds. The fourth-order valence-corrected chi connectivity index (χ4v) is 0. The van der Waals surface area contributed by atoms with Crippen molar-refractivity contribution in [2.45, 2.75) is 6.92 Å². The Labute approximate surface area is 102 Å². The fraction of sp³-hybridized carbons (Fsp3) is 0.500. The van der Waals surface area contributed by atoms with Crippen LogP contribution in [0.15, 0.2) is 0 Å². The molecular weight excluding hydrogens is 325 g/mol. The Morgan fingerprint density at radius 3 is 0.909 bits per heavy atom. The van der Waals surface area contributed by atoms with Crippen molar-refractivity contribution in [2.24, 2.45) is 0 Å². The van der Waals surface area contributed by atoms with Gasteiger partial charge in [-0.25, -0.2) is 0 Å². The van der Waals surface area contributed by atoms with E-state index in [0.29, 0.717) is 0 Å². The molecule has 0 spiro atoms. The van der Waals surface area contributed by atoms with Crippen LogP contribution in [0.25, 0.3) is 0 Å². The summed E-state index contributed by atoms with van der Waals surface area (Å²) in [5.41, 5.74) is 0. The van der Waals surface area contributed by atoms with Gasteiger partial charge in [0, 0.05) is 53.8 Å². The predicted octanol–water partition coefficient (Wildman–Crippen LogP) is -4.86. The molecule has 11 heavy (non-hydrogen) atoms. The first-order chi connectivity index (χ1) is 1.73. The molecule has 8 nitrogen and oxygen atoms in total. The molecule has 0 atom stereocenters. The van der Waals surface area contributed by atoms with Crippen molar-refractivity contribution in [1.29, 1.82) is 0 Å². The number of carboxylic acids is 1. The fourth-order valence-electron chi connectivity index (χ4n) is 0. The molecule has 0 aromatic carbocycles. The van der Waals surface area contributed by atoms with E-state index in [0.717, 1.165) is 6.92 Å². The molecule has 13 N–H and O–H groups in total. The summed E-state index contributed by atoms with van der Waals surface area (Å²) in [6, 6.07) is 0. The normalized spacial score (nSPS) is 2.27. The van der Waals surface area contributed by atoms with Crippen molar-refractivity contribution in [2.75, 3.05) is 0 Å². The minimum Gasteiger partial charge on any atom is -0.481 e. The van der Waals surface area contributed by atoms with Crippen molar-refractivity contribution in [1.82, 2.24) is 0 Å². The predicted molar refractivity (Wildman–Crippen MR) is 35.0 cm³/mol. The molecule has 0 aromatic rings. The number of hydrogen-bond donors (Lipinski definition) is 1. The molecule has 0 radical (unpaired) electrons. The van der Waals surface area contributed by atoms with E-state index >= 15 is 0 Å². The maximum atomic E-state index is 9.00. The van der Waals surface area contributed by atoms with Crippen LogP contribution < -0.4 is 0 Å². The van der Waals surface area contributed by atoms with E-state index < -0.39 is 5.97 Å². The average Bonchev–Trinajstić information content (AvgIpc) is 0.811. The van der Waals surface area contributed by atoms with Crippen LogP contribution in [-0.4, -0.2) is 43.9 Å². The first-order valence-corrected chi connectivity index (χ1v) is 0.928. The van der Waals surface area contributed by atoms with Crippen molar-refractivity contribution in [3.8, 4) is 0 Å². The van der Waals surface area contributed by atoms with E-state index in [1.165, 1.54) is 0 Å². The second-order valence-corrected chi connectivity index (χ2v) is 0.519. The number of carbonyl (C=O) groups is 1. The standard InChI is InChI=1S/C2H4O2.6H2O.Yb/c1-2(3)4;;;;;;;/h1H3,(H,3,4);6*1H2;. The third-order valence-electron chi connectivity index (χ3n) is 0. The summed E-state index contributed by atoms with van der Waals surface area (Å²) in [5, 5.41) is 7.42. The van der Waals surface area contributed by atoms with Gasteiger partial charge in [0.1, 0.15) is 0 Å². The van der Waals surface area contributed by atoms with Crippen LogP contribution in [0.4, 0.5) is 0 Å². The topological polar surface area (TPSA) is 226 Å². The maximum Gasteiger partial charge on any atom is 0.300 e. The van der Waals surface area contributed by atoms with E-state index in [2.05, 4.69) is 0 Å². The number of rotatable bonds is 0. The van der Waals surface area contributed by atoms with Crippen LogP contribution in [0.3, 0.4) is 0 Å². The number of aliphatic carboxylic acids is 1. The molecule has 0 aliphatic heterocycles. The quantitative estimate of drug-likeness (QED) is 0.457. The molecule has 0 heterocycles. The van der Waals surface area contributed by atoms with Gasteiger partial charge in [-0.15, -0.1) is 0 Å². The molecule has 9 heteroatoms. The Balaban J connectivity index is -0.00000000214. The van der Waals surface area contributed by atoms with Gasteiger partial charge in [-0.05, 0) is 0 Å². The molecule has 0 aliphatic rings. The minimum atomic E-state index is -0.833. The largest absolute Gasteiger partial charge is 0.481 e. The van der Waals surface area contributed by atoms with Gasteiger partial charge in [-0.1, -0.05) is 0 Å². The average molecular weight is 341 g/mol. The molecule has 0 bridgehead atoms. The molecule has 0 aromatic heterocycles. The smallest absolute Gasteiger partial charge is 0.300 e. The zero-order valence-electron chi connectivity index (χ0n) is 5.62. The monoisotopic (exact) mass is 342 g/mol. The van der Waals surface area contributed by atoms with Crippen molar-refractivity contribution < 1.29 is 89.7 Å². The Morgan fingerprint density at radius 1 is 0.909 bits per heavy atom. The van der Waals surface area contributed by atoms with E-state index in [1.807, 2.05) is 0 Å². The third-order valence-corrected chi connectivity index (χ3v) is 0. The van der Waals surface area contributed by atoms with Crippen molar-refractivity contribution in [3.63, 3.8) is 0 Å². The Hall–Kier alpha value is 0.749. The second-order valence-electron chi connectivity index (χ2n) is 0.519. The SMILES string of the molecule is CC(=O)O.O.O.O.O.O.O.[Yb]. The summed E-state index contributed by atoms with van der Waals surface area (Å²) >= 11 is 0. The van der Waals surface area contributed by atoms with Gasteiger partial charge in [0.15, 0.2) is 0 Å². The maximum absolute atomic E-state index is 9.00. The number of carboxylic acid groups (broad SMARTS) is 1. The van der Waals surface area contributed by atoms with Gasteiger partial charge in [0.2, 0.25) is 0 Å². The van der Waals surface area contributed by atoms with Crippen LogP contribution in [0, 0.1) is 46.9 Å². The van der Waals surface area contributed by atoms with Crippen molar-refractivity contribution in [3.05, 3.63) is 0 Å². The summed E-state index contributed by atoms with van der Waals surface area (Å²) in [5.74, 6) is -0.833. The zero-order chi connectivity index (χ0) is 3.58. The molecule has 86 valence electrons. The molecule has 0 saturated heterocycles. The van der Waals surface area contributed by atoms with E-state index in [4.69, 9.17) is 9.90 Å². The molecule has 0 rings (SSSR count). The Bertz CT molecular complexity index is 35.1. The summed E-state index contributed by atoms with van der Waals surface area (Å²) < 4.78 is 0. The van der Waals surface area contributed by atoms with Crippen LogP contribution in [0.2, 0.25) is 0 Å². The van der Waals surface area contributed by atoms with E-state index in [-0.39, 0.29) is 79.8 Å². The van der Waals surface area contributed by atoms with Crippen LogP contribution in [0.5, 0.6) is 0 Å². The van der Waals surface area contributed by atoms with Gasteiger partial charge in [0.05, 0.1) is 0 Å². The summed E-state index contributed by atoms with van der Waals surface area (Å²) in [4.78, 5) is 9.00. The van der Waals surface area contributed by atoms with Crippen molar-refractivity contribution >= 4 is 5.97 Å². The molecular formula is C2H16O8Yb. The zero-order valence-corrected chi connectivity index (χ0v) is 7.34. The Kier molecular flexibility index (Phi) is 638. The summed E-state index contributed by atoms with van der Waals surface area (Å²) in [6.07, 6.45) is 0. The minimum absolute atomic E-state index is 0. The first-order valence-electron chi connectivity index (χ1n) is 0.928. The van der Waals surface area contributed by atoms with Gasteiger partial charge in [0.25, 0.3) is 5.97 Å². The summed E-state index contributed by atoms with van der Waals surface area (Å²) in [6.45, 7) is 1.08. The van der Waals surface area contributed by atoms with Crippen LogP contribution in [0.1, 0.15) is 6.92 Å². The summed E-state index contributed by atoms with van der Waals surface area (Å²) in [7, 11) is 0. The van der Waals surface area contributed by atoms with Gasteiger partial charge < -0.3 is 38.0 Å². The molecule has 0 saturated carbocycles. The second kappa shape index (κ2) is 72.7. The molecule has 0 fully saturated rings. The van der Waals surface area contributed by atoms with Gasteiger partial charge in [-0.2, -0.15) is 0 Å². The van der Waals surface area contributed by atoms with Gasteiger partial charge in [-0.3, -0.25) is 4.79 Å². The van der Waals surface area contributed by atoms with E-state index in [9.17, 15) is 0 Å². The van der Waals surface area contributed by atoms with Crippen LogP contribution >= 0.6 is 0 Å². The van der Waals surface area contributed by atoms with Gasteiger partial charge >= 0.3 is 0 Å². The molecule has 0 unspecified atom stereocenters. The Morgan fingerprint density at radius 2 is 0.909 bits per heavy atom. The number of hydrogen-bond acceptors (Lipinski definition) is 1. The van der Waals surface area contributed by atoms with E-state index in [1.54, 1.807) is 0 Å². The van der Waals surface area contributed by atoms with Crippen LogP contribution in [-0.2, 0) is 4.79 Å². The molecule has 0 aliphatic carbocycles. The first kappa shape index (κ1) is 96.6. The third kappa shape index (κ3) is 1460.